The molecule has 2 N–H and O–H groups in total. The monoisotopic (exact) mass is 354 g/mol. The zero-order chi connectivity index (χ0) is 18.3. The predicted octanol–water partition coefficient (Wildman–Crippen LogP) is 2.05. The summed E-state index contributed by atoms with van der Waals surface area (Å²) in [6.45, 7) is 6.40. The SMILES string of the molecule is CC(C)N(Cc1nc2ccccc2c(=O)[nH]1)C(=O)C1CC12CCNCC2. The van der Waals surface area contributed by atoms with E-state index in [9.17, 15) is 9.59 Å². The van der Waals surface area contributed by atoms with Crippen molar-refractivity contribution in [3.05, 3.63) is 40.4 Å². The highest BCUT2D eigenvalue weighted by Crippen LogP contribution is 2.59. The maximum absolute atomic E-state index is 13.2. The van der Waals surface area contributed by atoms with Crippen molar-refractivity contribution in [1.82, 2.24) is 20.2 Å². The molecule has 4 rings (SSSR count). The molecule has 1 unspecified atom stereocenters. The van der Waals surface area contributed by atoms with E-state index in [-0.39, 0.29) is 28.8 Å². The number of piperidine rings is 1. The summed E-state index contributed by atoms with van der Waals surface area (Å²) in [6.07, 6.45) is 3.17. The molecule has 1 aromatic carbocycles. The summed E-state index contributed by atoms with van der Waals surface area (Å²) >= 11 is 0. The van der Waals surface area contributed by atoms with Crippen LogP contribution < -0.4 is 10.9 Å². The molecule has 1 aromatic heterocycles. The third-order valence-corrected chi connectivity index (χ3v) is 5.98. The number of para-hydroxylation sites is 1. The Balaban J connectivity index is 1.56. The van der Waals surface area contributed by atoms with Gasteiger partial charge in [0.25, 0.3) is 5.56 Å². The first-order valence-electron chi connectivity index (χ1n) is 9.49. The van der Waals surface area contributed by atoms with Crippen LogP contribution in [0.25, 0.3) is 10.9 Å². The van der Waals surface area contributed by atoms with E-state index in [4.69, 9.17) is 0 Å². The van der Waals surface area contributed by atoms with Crippen LogP contribution in [0, 0.1) is 11.3 Å². The fraction of sp³-hybridized carbons (Fsp3) is 0.550. The normalized spacial score (nSPS) is 21.3. The molecule has 1 atom stereocenters. The van der Waals surface area contributed by atoms with Gasteiger partial charge in [0.1, 0.15) is 5.82 Å². The van der Waals surface area contributed by atoms with Gasteiger partial charge in [-0.3, -0.25) is 9.59 Å². The van der Waals surface area contributed by atoms with Gasteiger partial charge in [-0.1, -0.05) is 12.1 Å². The Morgan fingerprint density at radius 1 is 1.31 bits per heavy atom. The smallest absolute Gasteiger partial charge is 0.258 e. The molecule has 2 heterocycles. The molecule has 1 saturated heterocycles. The largest absolute Gasteiger partial charge is 0.333 e. The number of fused-ring (bicyclic) bond motifs is 1. The van der Waals surface area contributed by atoms with E-state index in [1.807, 2.05) is 36.9 Å². The quantitative estimate of drug-likeness (QED) is 0.881. The Kier molecular flexibility index (Phi) is 4.31. The van der Waals surface area contributed by atoms with E-state index >= 15 is 0 Å². The van der Waals surface area contributed by atoms with Crippen LogP contribution in [0.5, 0.6) is 0 Å². The van der Waals surface area contributed by atoms with Gasteiger partial charge >= 0.3 is 0 Å². The van der Waals surface area contributed by atoms with Gasteiger partial charge in [-0.15, -0.1) is 0 Å². The second kappa shape index (κ2) is 6.50. The number of carbonyl (C=O) groups excluding carboxylic acids is 1. The van der Waals surface area contributed by atoms with Crippen molar-refractivity contribution in [3.8, 4) is 0 Å². The van der Waals surface area contributed by atoms with Gasteiger partial charge in [0, 0.05) is 12.0 Å². The zero-order valence-electron chi connectivity index (χ0n) is 15.4. The first-order valence-corrected chi connectivity index (χ1v) is 9.49. The maximum Gasteiger partial charge on any atom is 0.258 e. The predicted molar refractivity (Wildman–Crippen MR) is 101 cm³/mol. The van der Waals surface area contributed by atoms with Gasteiger partial charge in [-0.05, 0) is 63.7 Å². The lowest BCUT2D eigenvalue weighted by Gasteiger charge is -2.29. The van der Waals surface area contributed by atoms with E-state index in [2.05, 4.69) is 15.3 Å². The first-order chi connectivity index (χ1) is 12.5. The van der Waals surface area contributed by atoms with Gasteiger partial charge in [0.2, 0.25) is 5.91 Å². The van der Waals surface area contributed by atoms with E-state index in [0.29, 0.717) is 23.3 Å². The highest BCUT2D eigenvalue weighted by Gasteiger charge is 2.58. The minimum absolute atomic E-state index is 0.0682. The van der Waals surface area contributed by atoms with Crippen molar-refractivity contribution >= 4 is 16.8 Å². The molecule has 0 radical (unpaired) electrons. The number of rotatable bonds is 4. The van der Waals surface area contributed by atoms with Crippen molar-refractivity contribution in [2.24, 2.45) is 11.3 Å². The molecule has 0 bridgehead atoms. The lowest BCUT2D eigenvalue weighted by atomic mass is 9.91. The summed E-state index contributed by atoms with van der Waals surface area (Å²) < 4.78 is 0. The number of nitrogens with zero attached hydrogens (tertiary/aromatic N) is 2. The first kappa shape index (κ1) is 17.2. The van der Waals surface area contributed by atoms with E-state index in [1.165, 1.54) is 0 Å². The molecule has 1 spiro atoms. The number of aromatic nitrogens is 2. The summed E-state index contributed by atoms with van der Waals surface area (Å²) in [4.78, 5) is 34.7. The lowest BCUT2D eigenvalue weighted by Crippen LogP contribution is -2.40. The third-order valence-electron chi connectivity index (χ3n) is 5.98. The van der Waals surface area contributed by atoms with Gasteiger partial charge in [0.15, 0.2) is 0 Å². The average molecular weight is 354 g/mol. The number of benzene rings is 1. The van der Waals surface area contributed by atoms with Gasteiger partial charge < -0.3 is 15.2 Å². The lowest BCUT2D eigenvalue weighted by molar-refractivity contribution is -0.136. The van der Waals surface area contributed by atoms with E-state index in [1.54, 1.807) is 6.07 Å². The van der Waals surface area contributed by atoms with Gasteiger partial charge in [0.05, 0.1) is 17.4 Å². The van der Waals surface area contributed by atoms with Crippen LogP contribution in [0.4, 0.5) is 0 Å². The van der Waals surface area contributed by atoms with Gasteiger partial charge in [-0.2, -0.15) is 0 Å². The van der Waals surface area contributed by atoms with Gasteiger partial charge in [-0.25, -0.2) is 4.98 Å². The van der Waals surface area contributed by atoms with Crippen LogP contribution in [0.1, 0.15) is 38.9 Å². The fourth-order valence-electron chi connectivity index (χ4n) is 4.26. The topological polar surface area (TPSA) is 78.1 Å². The summed E-state index contributed by atoms with van der Waals surface area (Å²) in [5, 5.41) is 3.96. The number of carbonyl (C=O) groups is 1. The second-order valence-electron chi connectivity index (χ2n) is 7.96. The number of amides is 1. The standard InChI is InChI=1S/C20H26N4O2/c1-13(2)24(19(26)15-11-20(15)7-9-21-10-8-20)12-17-22-16-6-4-3-5-14(16)18(25)23-17/h3-6,13,15,21H,7-12H2,1-2H3,(H,22,23,25). The zero-order valence-corrected chi connectivity index (χ0v) is 15.4. The third kappa shape index (κ3) is 3.03. The molecular formula is C20H26N4O2. The highest BCUT2D eigenvalue weighted by atomic mass is 16.2. The van der Waals surface area contributed by atoms with Crippen LogP contribution in [0.15, 0.2) is 29.1 Å². The highest BCUT2D eigenvalue weighted by molar-refractivity contribution is 5.83. The van der Waals surface area contributed by atoms with Crippen LogP contribution in [-0.2, 0) is 11.3 Å². The summed E-state index contributed by atoms with van der Waals surface area (Å²) in [7, 11) is 0. The van der Waals surface area contributed by atoms with Crippen molar-refractivity contribution in [1.29, 1.82) is 0 Å². The molecule has 1 saturated carbocycles. The van der Waals surface area contributed by atoms with E-state index < -0.39 is 0 Å². The molecule has 6 heteroatoms. The molecule has 2 aliphatic rings. The molecule has 26 heavy (non-hydrogen) atoms. The van der Waals surface area contributed by atoms with Crippen molar-refractivity contribution < 1.29 is 4.79 Å². The fourth-order valence-corrected chi connectivity index (χ4v) is 4.26. The average Bonchev–Trinajstić information content (AvgIpc) is 3.32. The van der Waals surface area contributed by atoms with Crippen molar-refractivity contribution in [2.45, 2.75) is 45.7 Å². The number of H-pyrrole nitrogens is 1. The van der Waals surface area contributed by atoms with E-state index in [0.717, 1.165) is 32.4 Å². The maximum atomic E-state index is 13.2. The van der Waals surface area contributed by atoms with Crippen LogP contribution >= 0.6 is 0 Å². The van der Waals surface area contributed by atoms with Crippen molar-refractivity contribution in [2.75, 3.05) is 13.1 Å². The second-order valence-corrected chi connectivity index (χ2v) is 7.96. The Morgan fingerprint density at radius 2 is 2.04 bits per heavy atom. The van der Waals surface area contributed by atoms with Crippen LogP contribution in [-0.4, -0.2) is 39.9 Å². The Bertz CT molecular complexity index is 883. The number of nitrogens with one attached hydrogen (secondary N) is 2. The summed E-state index contributed by atoms with van der Waals surface area (Å²) in [5.41, 5.74) is 0.728. The van der Waals surface area contributed by atoms with Crippen LogP contribution in [0.3, 0.4) is 0 Å². The molecule has 138 valence electrons. The summed E-state index contributed by atoms with van der Waals surface area (Å²) in [5.74, 6) is 0.882. The Labute approximate surface area is 153 Å². The molecule has 2 aromatic rings. The number of hydrogen-bond acceptors (Lipinski definition) is 4. The molecule has 1 amide bonds. The molecule has 6 nitrogen and oxygen atoms in total. The number of aromatic amines is 1. The Morgan fingerprint density at radius 3 is 2.77 bits per heavy atom. The summed E-state index contributed by atoms with van der Waals surface area (Å²) in [6, 6.07) is 7.37. The molecule has 2 fully saturated rings. The minimum Gasteiger partial charge on any atom is -0.333 e. The van der Waals surface area contributed by atoms with Crippen LogP contribution in [0.2, 0.25) is 0 Å². The molecular weight excluding hydrogens is 328 g/mol. The molecule has 1 aliphatic carbocycles. The van der Waals surface area contributed by atoms with Crippen molar-refractivity contribution in [3.63, 3.8) is 0 Å². The minimum atomic E-state index is -0.150. The Hall–Kier alpha value is -2.21. The number of hydrogen-bond donors (Lipinski definition) is 2. The molecule has 1 aliphatic heterocycles.